The number of aryl methyl sites for hydroxylation is 1. The first-order chi connectivity index (χ1) is 14.5. The molecule has 150 valence electrons. The number of pyridine rings is 3. The highest BCUT2D eigenvalue weighted by molar-refractivity contribution is 5.99. The lowest BCUT2D eigenvalue weighted by molar-refractivity contribution is -0.117. The number of aromatic amines is 1. The van der Waals surface area contributed by atoms with Crippen LogP contribution < -0.4 is 11.1 Å². The van der Waals surface area contributed by atoms with Gasteiger partial charge >= 0.3 is 0 Å². The fourth-order valence-corrected chi connectivity index (χ4v) is 3.69. The van der Waals surface area contributed by atoms with Crippen LogP contribution in [-0.2, 0) is 4.79 Å². The van der Waals surface area contributed by atoms with Crippen molar-refractivity contribution in [2.45, 2.75) is 19.3 Å². The molecule has 1 saturated carbocycles. The van der Waals surface area contributed by atoms with Gasteiger partial charge in [-0.1, -0.05) is 0 Å². The standard InChI is InChI=1S/C21H18FN7O/c1-10-2-3-24-8-15(10)19-18(22)13-5-17(25-9-16(13)20(23)29-19)28-21(30)14-4-12(14)11-6-26-27-7-11/h2-3,5-9,12,14H,4H2,1H3,(H2,23,29)(H,26,27)(H,25,28,30)/t12-,14+/m1/s1. The molecule has 4 heterocycles. The van der Waals surface area contributed by atoms with Gasteiger partial charge in [-0.25, -0.2) is 14.4 Å². The first-order valence-electron chi connectivity index (χ1n) is 9.48. The van der Waals surface area contributed by atoms with E-state index >= 15 is 4.39 Å². The maximum absolute atomic E-state index is 15.4. The Morgan fingerprint density at radius 2 is 2.17 bits per heavy atom. The molecule has 0 unspecified atom stereocenters. The molecule has 0 saturated heterocycles. The highest BCUT2D eigenvalue weighted by Gasteiger charge is 2.44. The SMILES string of the molecule is Cc1ccncc1-c1nc(N)c2cnc(NC(=O)[C@H]3C[C@@H]3c3cn[nH]c3)cc2c1F. The molecule has 0 spiro atoms. The zero-order valence-electron chi connectivity index (χ0n) is 16.1. The maximum Gasteiger partial charge on any atom is 0.229 e. The molecule has 0 radical (unpaired) electrons. The van der Waals surface area contributed by atoms with E-state index in [4.69, 9.17) is 5.73 Å². The van der Waals surface area contributed by atoms with Crippen molar-refractivity contribution < 1.29 is 9.18 Å². The monoisotopic (exact) mass is 403 g/mol. The van der Waals surface area contributed by atoms with Crippen LogP contribution in [0.4, 0.5) is 16.0 Å². The number of amides is 1. The smallest absolute Gasteiger partial charge is 0.229 e. The second-order valence-corrected chi connectivity index (χ2v) is 7.43. The molecular weight excluding hydrogens is 385 g/mol. The van der Waals surface area contributed by atoms with Crippen LogP contribution in [0.25, 0.3) is 22.0 Å². The Kier molecular flexibility index (Phi) is 4.16. The molecule has 4 N–H and O–H groups in total. The molecular formula is C21H18FN7O. The zero-order chi connectivity index (χ0) is 20.8. The lowest BCUT2D eigenvalue weighted by Crippen LogP contribution is -2.15. The highest BCUT2D eigenvalue weighted by Crippen LogP contribution is 2.47. The van der Waals surface area contributed by atoms with Crippen LogP contribution in [0.2, 0.25) is 0 Å². The lowest BCUT2D eigenvalue weighted by atomic mass is 10.0. The number of nitrogen functional groups attached to an aromatic ring is 1. The number of aromatic nitrogens is 5. The van der Waals surface area contributed by atoms with E-state index in [0.717, 1.165) is 17.5 Å². The Balaban J connectivity index is 1.47. The van der Waals surface area contributed by atoms with Gasteiger partial charge in [-0.3, -0.25) is 14.9 Å². The van der Waals surface area contributed by atoms with Gasteiger partial charge in [-0.15, -0.1) is 0 Å². The summed E-state index contributed by atoms with van der Waals surface area (Å²) in [5, 5.41) is 10.1. The number of fused-ring (bicyclic) bond motifs is 1. The Hall–Kier alpha value is -3.88. The van der Waals surface area contributed by atoms with Crippen LogP contribution in [-0.4, -0.2) is 31.1 Å². The summed E-state index contributed by atoms with van der Waals surface area (Å²) in [4.78, 5) is 25.1. The molecule has 0 bridgehead atoms. The zero-order valence-corrected chi connectivity index (χ0v) is 16.1. The van der Waals surface area contributed by atoms with Gasteiger partial charge in [0, 0.05) is 47.0 Å². The minimum absolute atomic E-state index is 0.122. The molecule has 1 amide bonds. The number of hydrogen-bond donors (Lipinski definition) is 3. The number of rotatable bonds is 4. The fraction of sp³-hybridized carbons (Fsp3) is 0.190. The molecule has 8 nitrogen and oxygen atoms in total. The number of H-pyrrole nitrogens is 1. The van der Waals surface area contributed by atoms with Gasteiger partial charge in [-0.2, -0.15) is 5.10 Å². The van der Waals surface area contributed by atoms with Crippen molar-refractivity contribution >= 4 is 28.3 Å². The van der Waals surface area contributed by atoms with Crippen molar-refractivity contribution in [1.29, 1.82) is 0 Å². The summed E-state index contributed by atoms with van der Waals surface area (Å²) in [5.41, 5.74) is 8.58. The minimum atomic E-state index is -0.532. The number of hydrogen-bond acceptors (Lipinski definition) is 6. The predicted molar refractivity (Wildman–Crippen MR) is 110 cm³/mol. The summed E-state index contributed by atoms with van der Waals surface area (Å²) in [6, 6.07) is 3.27. The molecule has 4 aromatic heterocycles. The maximum atomic E-state index is 15.4. The van der Waals surface area contributed by atoms with Crippen molar-refractivity contribution in [2.75, 3.05) is 11.1 Å². The molecule has 1 aliphatic rings. The Morgan fingerprint density at radius 1 is 1.30 bits per heavy atom. The van der Waals surface area contributed by atoms with Crippen molar-refractivity contribution in [1.82, 2.24) is 25.1 Å². The van der Waals surface area contributed by atoms with E-state index < -0.39 is 5.82 Å². The van der Waals surface area contributed by atoms with Gasteiger partial charge in [0.25, 0.3) is 0 Å². The van der Waals surface area contributed by atoms with Crippen molar-refractivity contribution in [2.24, 2.45) is 5.92 Å². The second-order valence-electron chi connectivity index (χ2n) is 7.43. The fourth-order valence-electron chi connectivity index (χ4n) is 3.69. The summed E-state index contributed by atoms with van der Waals surface area (Å²) in [7, 11) is 0. The normalized spacial score (nSPS) is 17.8. The quantitative estimate of drug-likeness (QED) is 0.481. The van der Waals surface area contributed by atoms with Crippen LogP contribution in [0.1, 0.15) is 23.5 Å². The van der Waals surface area contributed by atoms with Crippen molar-refractivity contribution in [3.05, 3.63) is 60.1 Å². The van der Waals surface area contributed by atoms with E-state index in [9.17, 15) is 4.79 Å². The lowest BCUT2D eigenvalue weighted by Gasteiger charge is -2.11. The van der Waals surface area contributed by atoms with E-state index in [-0.39, 0.29) is 40.5 Å². The van der Waals surface area contributed by atoms with E-state index in [1.54, 1.807) is 30.9 Å². The third-order valence-electron chi connectivity index (χ3n) is 5.48. The third-order valence-corrected chi connectivity index (χ3v) is 5.48. The van der Waals surface area contributed by atoms with E-state index in [1.165, 1.54) is 12.3 Å². The molecule has 4 aromatic rings. The number of carbonyl (C=O) groups is 1. The van der Waals surface area contributed by atoms with Gasteiger partial charge in [0.15, 0.2) is 5.82 Å². The molecule has 9 heteroatoms. The summed E-state index contributed by atoms with van der Waals surface area (Å²) in [5.74, 6) is -0.266. The predicted octanol–water partition coefficient (Wildman–Crippen LogP) is 3.19. The summed E-state index contributed by atoms with van der Waals surface area (Å²) < 4.78 is 15.4. The minimum Gasteiger partial charge on any atom is -0.383 e. The molecule has 0 aromatic carbocycles. The summed E-state index contributed by atoms with van der Waals surface area (Å²) in [6.45, 7) is 1.85. The average molecular weight is 403 g/mol. The van der Waals surface area contributed by atoms with Crippen LogP contribution in [0.3, 0.4) is 0 Å². The summed E-state index contributed by atoms with van der Waals surface area (Å²) >= 11 is 0. The first-order valence-corrected chi connectivity index (χ1v) is 9.48. The average Bonchev–Trinajstić information content (AvgIpc) is 3.36. The molecule has 1 aliphatic carbocycles. The van der Waals surface area contributed by atoms with Gasteiger partial charge < -0.3 is 11.1 Å². The molecule has 2 atom stereocenters. The Labute approximate surface area is 170 Å². The van der Waals surface area contributed by atoms with Gasteiger partial charge in [0.2, 0.25) is 5.91 Å². The number of anilines is 2. The Bertz CT molecular complexity index is 1270. The number of nitrogens with one attached hydrogen (secondary N) is 2. The van der Waals surface area contributed by atoms with Crippen LogP contribution in [0.15, 0.2) is 43.1 Å². The van der Waals surface area contributed by atoms with Crippen molar-refractivity contribution in [3.63, 3.8) is 0 Å². The Morgan fingerprint density at radius 3 is 2.93 bits per heavy atom. The van der Waals surface area contributed by atoms with Crippen molar-refractivity contribution in [3.8, 4) is 11.3 Å². The van der Waals surface area contributed by atoms with Gasteiger partial charge in [-0.05, 0) is 42.5 Å². The number of nitrogens with zero attached hydrogens (tertiary/aromatic N) is 4. The second kappa shape index (κ2) is 6.87. The van der Waals surface area contributed by atoms with E-state index in [1.807, 2.05) is 6.92 Å². The number of nitrogens with two attached hydrogens (primary N) is 1. The largest absolute Gasteiger partial charge is 0.383 e. The molecule has 30 heavy (non-hydrogen) atoms. The van der Waals surface area contributed by atoms with Crippen LogP contribution >= 0.6 is 0 Å². The van der Waals surface area contributed by atoms with Gasteiger partial charge in [0.1, 0.15) is 17.3 Å². The van der Waals surface area contributed by atoms with Crippen LogP contribution in [0, 0.1) is 18.7 Å². The first kappa shape index (κ1) is 18.2. The molecule has 5 rings (SSSR count). The summed E-state index contributed by atoms with van der Waals surface area (Å²) in [6.07, 6.45) is 8.87. The number of carbonyl (C=O) groups excluding carboxylic acids is 1. The van der Waals surface area contributed by atoms with Gasteiger partial charge in [0.05, 0.1) is 6.20 Å². The van der Waals surface area contributed by atoms with E-state index in [0.29, 0.717) is 10.9 Å². The molecule has 0 aliphatic heterocycles. The van der Waals surface area contributed by atoms with Crippen LogP contribution in [0.5, 0.6) is 0 Å². The topological polar surface area (TPSA) is 122 Å². The molecule has 1 fully saturated rings. The third kappa shape index (κ3) is 3.04. The highest BCUT2D eigenvalue weighted by atomic mass is 19.1. The van der Waals surface area contributed by atoms with E-state index in [2.05, 4.69) is 30.5 Å². The number of halogens is 1.